The highest BCUT2D eigenvalue weighted by Gasteiger charge is 2.33. The molecule has 3 nitrogen and oxygen atoms in total. The minimum absolute atomic E-state index is 0.0750. The Bertz CT molecular complexity index is 609. The summed E-state index contributed by atoms with van der Waals surface area (Å²) < 4.78 is 39.2. The summed E-state index contributed by atoms with van der Waals surface area (Å²) in [4.78, 5) is 0. The van der Waals surface area contributed by atoms with Crippen molar-refractivity contribution in [2.45, 2.75) is 39.0 Å². The van der Waals surface area contributed by atoms with Crippen LogP contribution in [-0.2, 0) is 12.7 Å². The predicted octanol–water partition coefficient (Wildman–Crippen LogP) is 3.78. The van der Waals surface area contributed by atoms with E-state index >= 15 is 0 Å². The highest BCUT2D eigenvalue weighted by molar-refractivity contribution is 5.40. The van der Waals surface area contributed by atoms with Crippen LogP contribution in [0.2, 0.25) is 0 Å². The molecule has 0 amide bonds. The summed E-state index contributed by atoms with van der Waals surface area (Å²) in [6, 6.07) is 8.26. The van der Waals surface area contributed by atoms with Crippen molar-refractivity contribution in [3.05, 3.63) is 47.8 Å². The van der Waals surface area contributed by atoms with Gasteiger partial charge in [-0.2, -0.15) is 18.3 Å². The normalized spacial score (nSPS) is 12.7. The van der Waals surface area contributed by atoms with E-state index in [-0.39, 0.29) is 5.54 Å². The molecule has 2 rings (SSSR count). The van der Waals surface area contributed by atoms with Crippen LogP contribution in [0.1, 0.15) is 32.0 Å². The fourth-order valence-corrected chi connectivity index (χ4v) is 1.85. The lowest BCUT2D eigenvalue weighted by molar-refractivity contribution is -0.141. The van der Waals surface area contributed by atoms with Crippen molar-refractivity contribution in [1.82, 2.24) is 15.1 Å². The number of rotatable bonds is 3. The van der Waals surface area contributed by atoms with Crippen molar-refractivity contribution in [1.29, 1.82) is 0 Å². The zero-order chi connectivity index (χ0) is 15.7. The Kier molecular flexibility index (Phi) is 4.09. The Balaban J connectivity index is 2.30. The van der Waals surface area contributed by atoms with Crippen LogP contribution in [0.5, 0.6) is 0 Å². The predicted molar refractivity (Wildman–Crippen MR) is 75.2 cm³/mol. The number of benzene rings is 1. The third-order valence-corrected chi connectivity index (χ3v) is 2.93. The first kappa shape index (κ1) is 15.6. The molecule has 114 valence electrons. The molecule has 0 aliphatic rings. The molecule has 0 fully saturated rings. The fraction of sp³-hybridized carbons (Fsp3) is 0.400. The number of alkyl halides is 3. The zero-order valence-electron chi connectivity index (χ0n) is 12.2. The first-order valence-electron chi connectivity index (χ1n) is 6.63. The van der Waals surface area contributed by atoms with Crippen molar-refractivity contribution in [3.63, 3.8) is 0 Å². The lowest BCUT2D eigenvalue weighted by Crippen LogP contribution is -2.35. The molecule has 0 saturated carbocycles. The second-order valence-corrected chi connectivity index (χ2v) is 5.88. The van der Waals surface area contributed by atoms with E-state index in [9.17, 15) is 13.2 Å². The summed E-state index contributed by atoms with van der Waals surface area (Å²) in [5, 5.41) is 6.94. The van der Waals surface area contributed by atoms with Gasteiger partial charge in [0, 0.05) is 18.3 Å². The van der Waals surface area contributed by atoms with Gasteiger partial charge in [-0.3, -0.25) is 0 Å². The molecule has 1 aromatic heterocycles. The monoisotopic (exact) mass is 297 g/mol. The molecule has 2 aromatic rings. The average molecular weight is 297 g/mol. The standard InChI is InChI=1S/C15H18F3N3/c1-14(2,3)19-10-11-6-4-5-7-12(11)21-9-8-13(20-21)15(16,17)18/h4-9,19H,10H2,1-3H3. The van der Waals surface area contributed by atoms with Crippen LogP contribution in [0, 0.1) is 0 Å². The summed E-state index contributed by atoms with van der Waals surface area (Å²) in [7, 11) is 0. The topological polar surface area (TPSA) is 29.9 Å². The Morgan fingerprint density at radius 2 is 1.76 bits per heavy atom. The lowest BCUT2D eigenvalue weighted by Gasteiger charge is -2.21. The van der Waals surface area contributed by atoms with Gasteiger partial charge < -0.3 is 5.32 Å². The molecule has 0 spiro atoms. The van der Waals surface area contributed by atoms with Gasteiger partial charge in [-0.25, -0.2) is 4.68 Å². The minimum atomic E-state index is -4.43. The molecule has 0 bridgehead atoms. The van der Waals surface area contributed by atoms with Crippen LogP contribution in [0.25, 0.3) is 5.69 Å². The molecular formula is C15H18F3N3. The van der Waals surface area contributed by atoms with Gasteiger partial charge in [-0.05, 0) is 38.5 Å². The summed E-state index contributed by atoms with van der Waals surface area (Å²) in [5.74, 6) is 0. The number of aromatic nitrogens is 2. The molecule has 1 N–H and O–H groups in total. The molecule has 0 aliphatic heterocycles. The third kappa shape index (κ3) is 4.07. The minimum Gasteiger partial charge on any atom is -0.308 e. The molecule has 0 aliphatic carbocycles. The van der Waals surface area contributed by atoms with Crippen LogP contribution in [0.4, 0.5) is 13.2 Å². The van der Waals surface area contributed by atoms with E-state index in [1.54, 1.807) is 12.1 Å². The van der Waals surface area contributed by atoms with E-state index in [2.05, 4.69) is 10.4 Å². The maximum absolute atomic E-state index is 12.6. The van der Waals surface area contributed by atoms with E-state index in [0.29, 0.717) is 12.2 Å². The summed E-state index contributed by atoms with van der Waals surface area (Å²) >= 11 is 0. The van der Waals surface area contributed by atoms with Crippen LogP contribution in [0.3, 0.4) is 0 Å². The first-order chi connectivity index (χ1) is 9.67. The van der Waals surface area contributed by atoms with Crippen LogP contribution >= 0.6 is 0 Å². The number of nitrogens with one attached hydrogen (secondary N) is 1. The molecule has 0 saturated heterocycles. The van der Waals surface area contributed by atoms with E-state index in [1.165, 1.54) is 10.9 Å². The Morgan fingerprint density at radius 1 is 1.10 bits per heavy atom. The second-order valence-electron chi connectivity index (χ2n) is 5.88. The van der Waals surface area contributed by atoms with E-state index in [4.69, 9.17) is 0 Å². The van der Waals surface area contributed by atoms with Gasteiger partial charge >= 0.3 is 6.18 Å². The van der Waals surface area contributed by atoms with E-state index in [1.807, 2.05) is 32.9 Å². The molecule has 0 unspecified atom stereocenters. The first-order valence-corrected chi connectivity index (χ1v) is 6.63. The molecular weight excluding hydrogens is 279 g/mol. The summed E-state index contributed by atoms with van der Waals surface area (Å²) in [6.07, 6.45) is -3.09. The zero-order valence-corrected chi connectivity index (χ0v) is 12.2. The van der Waals surface area contributed by atoms with Crippen molar-refractivity contribution in [2.75, 3.05) is 0 Å². The molecule has 21 heavy (non-hydrogen) atoms. The number of halogens is 3. The number of para-hydroxylation sites is 1. The van der Waals surface area contributed by atoms with Crippen LogP contribution in [-0.4, -0.2) is 15.3 Å². The Labute approximate surface area is 121 Å². The summed E-state index contributed by atoms with van der Waals surface area (Å²) in [6.45, 7) is 6.66. The Morgan fingerprint density at radius 3 is 2.33 bits per heavy atom. The molecule has 6 heteroatoms. The number of hydrogen-bond acceptors (Lipinski definition) is 2. The molecule has 1 aromatic carbocycles. The van der Waals surface area contributed by atoms with E-state index < -0.39 is 11.9 Å². The van der Waals surface area contributed by atoms with Gasteiger partial charge in [0.15, 0.2) is 5.69 Å². The average Bonchev–Trinajstić information content (AvgIpc) is 2.85. The van der Waals surface area contributed by atoms with Crippen LogP contribution in [0.15, 0.2) is 36.5 Å². The maximum atomic E-state index is 12.6. The Hall–Kier alpha value is -1.82. The van der Waals surface area contributed by atoms with Gasteiger partial charge in [0.2, 0.25) is 0 Å². The summed E-state index contributed by atoms with van der Waals surface area (Å²) in [5.41, 5.74) is 0.573. The highest BCUT2D eigenvalue weighted by Crippen LogP contribution is 2.28. The smallest absolute Gasteiger partial charge is 0.308 e. The van der Waals surface area contributed by atoms with Gasteiger partial charge in [0.05, 0.1) is 5.69 Å². The van der Waals surface area contributed by atoms with Gasteiger partial charge in [-0.15, -0.1) is 0 Å². The second kappa shape index (κ2) is 5.52. The third-order valence-electron chi connectivity index (χ3n) is 2.93. The van der Waals surface area contributed by atoms with E-state index in [0.717, 1.165) is 11.6 Å². The van der Waals surface area contributed by atoms with Crippen molar-refractivity contribution in [2.24, 2.45) is 0 Å². The van der Waals surface area contributed by atoms with Gasteiger partial charge in [-0.1, -0.05) is 18.2 Å². The maximum Gasteiger partial charge on any atom is 0.435 e. The number of nitrogens with zero attached hydrogens (tertiary/aromatic N) is 2. The van der Waals surface area contributed by atoms with Gasteiger partial charge in [0.25, 0.3) is 0 Å². The van der Waals surface area contributed by atoms with Gasteiger partial charge in [0.1, 0.15) is 0 Å². The quantitative estimate of drug-likeness (QED) is 0.934. The van der Waals surface area contributed by atoms with Crippen molar-refractivity contribution < 1.29 is 13.2 Å². The SMILES string of the molecule is CC(C)(C)NCc1ccccc1-n1ccc(C(F)(F)F)n1. The molecule has 0 radical (unpaired) electrons. The molecule has 0 atom stereocenters. The molecule has 1 heterocycles. The van der Waals surface area contributed by atoms with Crippen molar-refractivity contribution in [3.8, 4) is 5.69 Å². The van der Waals surface area contributed by atoms with Crippen molar-refractivity contribution >= 4 is 0 Å². The number of hydrogen-bond donors (Lipinski definition) is 1. The highest BCUT2D eigenvalue weighted by atomic mass is 19.4. The fourth-order valence-electron chi connectivity index (χ4n) is 1.85. The largest absolute Gasteiger partial charge is 0.435 e. The lowest BCUT2D eigenvalue weighted by atomic mass is 10.1. The van der Waals surface area contributed by atoms with Crippen LogP contribution < -0.4 is 5.32 Å².